The Morgan fingerprint density at radius 2 is 0.828 bits per heavy atom. The summed E-state index contributed by atoms with van der Waals surface area (Å²) in [6, 6.07) is 15.9. The molecule has 0 fully saturated rings. The summed E-state index contributed by atoms with van der Waals surface area (Å²) in [6.45, 7) is 3.06. The maximum absolute atomic E-state index is 14.2. The molecule has 5 aromatic carbocycles. The number of aryl methyl sites for hydroxylation is 2. The van der Waals surface area contributed by atoms with Crippen LogP contribution in [-0.4, -0.2) is 19.1 Å². The van der Waals surface area contributed by atoms with E-state index in [1.54, 1.807) is 6.92 Å². The van der Waals surface area contributed by atoms with E-state index in [0.717, 1.165) is 75.9 Å². The molecular weight excluding hydrogens is 790 g/mol. The topological polar surface area (TPSA) is 59.4 Å². The first-order valence-electron chi connectivity index (χ1n) is 16.9. The number of benzene rings is 5. The lowest BCUT2D eigenvalue weighted by atomic mass is 10.0. The molecular formula is C41H21F12N5. The number of nitrogens with zero attached hydrogens (tertiary/aromatic N) is 5. The van der Waals surface area contributed by atoms with Gasteiger partial charge in [-0.1, -0.05) is 24.3 Å². The quantitative estimate of drug-likeness (QED) is 0.167. The number of aromatic nitrogens is 4. The maximum Gasteiger partial charge on any atom is 0.416 e. The first-order chi connectivity index (χ1) is 27.0. The second-order valence-electron chi connectivity index (χ2n) is 13.5. The predicted octanol–water partition coefficient (Wildman–Crippen LogP) is 12.9. The van der Waals surface area contributed by atoms with Gasteiger partial charge in [0.15, 0.2) is 0 Å². The highest BCUT2D eigenvalue weighted by molar-refractivity contribution is 6.11. The Balaban J connectivity index is 1.57. The van der Waals surface area contributed by atoms with Gasteiger partial charge in [0, 0.05) is 32.8 Å². The minimum atomic E-state index is -4.91. The highest BCUT2D eigenvalue weighted by Crippen LogP contribution is 2.45. The van der Waals surface area contributed by atoms with Crippen LogP contribution in [0, 0.1) is 25.2 Å². The third kappa shape index (κ3) is 6.32. The molecule has 0 radical (unpaired) electrons. The van der Waals surface area contributed by atoms with E-state index in [2.05, 4.69) is 9.97 Å². The second kappa shape index (κ2) is 12.7. The van der Waals surface area contributed by atoms with Crippen LogP contribution in [0.25, 0.3) is 66.2 Å². The van der Waals surface area contributed by atoms with E-state index in [9.17, 15) is 57.9 Å². The molecule has 0 saturated carbocycles. The minimum Gasteiger partial charge on any atom is -0.308 e. The number of nitriles is 1. The summed E-state index contributed by atoms with van der Waals surface area (Å²) < 4.78 is 172. The van der Waals surface area contributed by atoms with Gasteiger partial charge >= 0.3 is 24.7 Å². The zero-order valence-electron chi connectivity index (χ0n) is 29.4. The summed E-state index contributed by atoms with van der Waals surface area (Å²) in [4.78, 5) is 8.71. The number of hydrogen-bond donors (Lipinski definition) is 0. The van der Waals surface area contributed by atoms with E-state index < -0.39 is 52.5 Å². The van der Waals surface area contributed by atoms with Crippen LogP contribution < -0.4 is 0 Å². The van der Waals surface area contributed by atoms with Crippen molar-refractivity contribution in [3.05, 3.63) is 130 Å². The van der Waals surface area contributed by atoms with Crippen molar-refractivity contribution < 1.29 is 52.7 Å². The van der Waals surface area contributed by atoms with Crippen LogP contribution >= 0.6 is 0 Å². The average molecular weight is 812 g/mol. The normalized spacial score (nSPS) is 13.0. The van der Waals surface area contributed by atoms with Crippen LogP contribution in [0.15, 0.2) is 91.0 Å². The number of hydrogen-bond acceptors (Lipinski definition) is 3. The molecule has 294 valence electrons. The van der Waals surface area contributed by atoms with Gasteiger partial charge in [0.05, 0.1) is 67.0 Å². The molecule has 8 aromatic rings. The van der Waals surface area contributed by atoms with Crippen molar-refractivity contribution in [2.75, 3.05) is 0 Å². The number of fused-ring (bicyclic) bond motifs is 6. The SMILES string of the molecule is Cc1cc(-c2cc(-n3c4cc(C(F)(F)F)ccc4c4ccc(C(F)(F)F)cc43)c(C#N)cc2-n2c3cc(C(F)(F)F)ccc3c3ccc(C(F)(F)F)cc32)nc(C)n1. The standard InChI is InChI=1S/C41H21F12N5/c1-19-11-31(56-20(2)55-19)30-17-32(57-34-13-22(38(42,43)44)3-7-26(34)27-8-4-23(14-35(27)57)39(45,46)47)21(18-54)12-33(30)58-36-15-24(40(48,49)50)5-9-28(36)29-10-6-25(16-37(29)58)41(51,52)53/h3-17H,1-2H3. The Labute approximate surface area is 318 Å². The largest absolute Gasteiger partial charge is 0.416 e. The predicted molar refractivity (Wildman–Crippen MR) is 190 cm³/mol. The smallest absolute Gasteiger partial charge is 0.308 e. The Bertz CT molecular complexity index is 2880. The van der Waals surface area contributed by atoms with Crippen molar-refractivity contribution in [1.82, 2.24) is 19.1 Å². The fraction of sp³-hybridized carbons (Fsp3) is 0.146. The number of alkyl halides is 12. The molecule has 0 N–H and O–H groups in total. The van der Waals surface area contributed by atoms with Crippen LogP contribution in [0.5, 0.6) is 0 Å². The first-order valence-corrected chi connectivity index (χ1v) is 16.9. The molecule has 3 aromatic heterocycles. The zero-order chi connectivity index (χ0) is 41.9. The lowest BCUT2D eigenvalue weighted by Crippen LogP contribution is -2.08. The summed E-state index contributed by atoms with van der Waals surface area (Å²) >= 11 is 0. The molecule has 0 unspecified atom stereocenters. The summed E-state index contributed by atoms with van der Waals surface area (Å²) in [5.41, 5.74) is -6.15. The van der Waals surface area contributed by atoms with Gasteiger partial charge in [-0.25, -0.2) is 9.97 Å². The summed E-state index contributed by atoms with van der Waals surface area (Å²) in [6.07, 6.45) is -19.6. The second-order valence-corrected chi connectivity index (χ2v) is 13.5. The van der Waals surface area contributed by atoms with Gasteiger partial charge in [0.1, 0.15) is 11.9 Å². The molecule has 58 heavy (non-hydrogen) atoms. The van der Waals surface area contributed by atoms with E-state index in [1.807, 2.05) is 6.07 Å². The van der Waals surface area contributed by atoms with Crippen molar-refractivity contribution in [2.45, 2.75) is 38.6 Å². The van der Waals surface area contributed by atoms with E-state index in [1.165, 1.54) is 19.1 Å². The summed E-state index contributed by atoms with van der Waals surface area (Å²) in [7, 11) is 0. The Hall–Kier alpha value is -6.57. The van der Waals surface area contributed by atoms with Crippen LogP contribution in [-0.2, 0) is 24.7 Å². The van der Waals surface area contributed by atoms with Crippen molar-refractivity contribution in [3.8, 4) is 28.7 Å². The van der Waals surface area contributed by atoms with Crippen LogP contribution in [0.2, 0.25) is 0 Å². The molecule has 0 saturated heterocycles. The zero-order valence-corrected chi connectivity index (χ0v) is 29.4. The fourth-order valence-corrected chi connectivity index (χ4v) is 7.36. The molecule has 0 spiro atoms. The highest BCUT2D eigenvalue weighted by atomic mass is 19.4. The lowest BCUT2D eigenvalue weighted by molar-refractivity contribution is -0.138. The molecule has 0 aliphatic carbocycles. The monoisotopic (exact) mass is 811 g/mol. The van der Waals surface area contributed by atoms with Crippen molar-refractivity contribution in [2.24, 2.45) is 0 Å². The third-order valence-electron chi connectivity index (χ3n) is 9.80. The number of rotatable bonds is 3. The van der Waals surface area contributed by atoms with Gasteiger partial charge < -0.3 is 9.13 Å². The molecule has 3 heterocycles. The Morgan fingerprint density at radius 3 is 1.16 bits per heavy atom. The van der Waals surface area contributed by atoms with E-state index >= 15 is 0 Å². The minimum absolute atomic E-state index is 0.0208. The van der Waals surface area contributed by atoms with Crippen LogP contribution in [0.3, 0.4) is 0 Å². The fourth-order valence-electron chi connectivity index (χ4n) is 7.36. The van der Waals surface area contributed by atoms with E-state index in [4.69, 9.17) is 0 Å². The van der Waals surface area contributed by atoms with E-state index in [-0.39, 0.29) is 72.1 Å². The molecule has 8 rings (SSSR count). The molecule has 17 heteroatoms. The third-order valence-corrected chi connectivity index (χ3v) is 9.80. The average Bonchev–Trinajstić information content (AvgIpc) is 3.63. The van der Waals surface area contributed by atoms with Gasteiger partial charge in [-0.3, -0.25) is 0 Å². The van der Waals surface area contributed by atoms with Crippen molar-refractivity contribution in [1.29, 1.82) is 5.26 Å². The maximum atomic E-state index is 14.2. The molecule has 0 atom stereocenters. The lowest BCUT2D eigenvalue weighted by Gasteiger charge is -2.19. The molecule has 0 aliphatic heterocycles. The van der Waals surface area contributed by atoms with Crippen molar-refractivity contribution in [3.63, 3.8) is 0 Å². The molecule has 0 bridgehead atoms. The highest BCUT2D eigenvalue weighted by Gasteiger charge is 2.36. The molecule has 5 nitrogen and oxygen atoms in total. The molecule has 0 amide bonds. The Morgan fingerprint density at radius 1 is 0.466 bits per heavy atom. The first kappa shape index (κ1) is 38.3. The van der Waals surface area contributed by atoms with E-state index in [0.29, 0.717) is 17.8 Å². The molecule has 0 aliphatic rings. The number of halogens is 12. The van der Waals surface area contributed by atoms with Gasteiger partial charge in [-0.05, 0) is 80.6 Å². The van der Waals surface area contributed by atoms with Crippen LogP contribution in [0.1, 0.15) is 39.3 Å². The van der Waals surface area contributed by atoms with Gasteiger partial charge in [-0.2, -0.15) is 57.9 Å². The van der Waals surface area contributed by atoms with Gasteiger partial charge in [0.25, 0.3) is 0 Å². The van der Waals surface area contributed by atoms with Gasteiger partial charge in [0.2, 0.25) is 0 Å². The Kier molecular flexibility index (Phi) is 8.40. The van der Waals surface area contributed by atoms with Crippen LogP contribution in [0.4, 0.5) is 52.7 Å². The summed E-state index contributed by atoms with van der Waals surface area (Å²) in [5, 5.41) is 11.0. The van der Waals surface area contributed by atoms with Gasteiger partial charge in [-0.15, -0.1) is 0 Å². The summed E-state index contributed by atoms with van der Waals surface area (Å²) in [5.74, 6) is 0.161. The van der Waals surface area contributed by atoms with Crippen molar-refractivity contribution >= 4 is 43.6 Å².